The van der Waals surface area contributed by atoms with Gasteiger partial charge in [-0.2, -0.15) is 0 Å². The van der Waals surface area contributed by atoms with Crippen LogP contribution in [0.3, 0.4) is 0 Å². The summed E-state index contributed by atoms with van der Waals surface area (Å²) in [7, 11) is 0. The number of amides is 2. The van der Waals surface area contributed by atoms with Gasteiger partial charge in [0.1, 0.15) is 5.92 Å². The summed E-state index contributed by atoms with van der Waals surface area (Å²) in [6.07, 6.45) is 0.384. The van der Waals surface area contributed by atoms with E-state index in [1.54, 1.807) is 31.2 Å². The molecule has 0 fully saturated rings. The molecule has 1 aromatic carbocycles. The highest BCUT2D eigenvalue weighted by Gasteiger charge is 2.20. The fraction of sp³-hybridized carbons (Fsp3) is 0.308. The zero-order chi connectivity index (χ0) is 14.4. The van der Waals surface area contributed by atoms with Crippen LogP contribution in [0.15, 0.2) is 24.3 Å². The molecule has 0 saturated heterocycles. The second-order valence-corrected chi connectivity index (χ2v) is 4.03. The molecule has 102 valence electrons. The number of hydrogen-bond donors (Lipinski definition) is 3. The molecule has 19 heavy (non-hydrogen) atoms. The van der Waals surface area contributed by atoms with E-state index < -0.39 is 17.8 Å². The van der Waals surface area contributed by atoms with Crippen molar-refractivity contribution < 1.29 is 19.5 Å². The first-order valence-corrected chi connectivity index (χ1v) is 5.87. The molecule has 2 amide bonds. The van der Waals surface area contributed by atoms with Gasteiger partial charge in [0.25, 0.3) is 0 Å². The van der Waals surface area contributed by atoms with Crippen molar-refractivity contribution in [1.29, 1.82) is 0 Å². The number of hydrogen-bond acceptors (Lipinski definition) is 3. The predicted molar refractivity (Wildman–Crippen MR) is 70.8 cm³/mol. The average molecular weight is 264 g/mol. The van der Waals surface area contributed by atoms with E-state index in [1.165, 1.54) is 6.92 Å². The highest BCUT2D eigenvalue weighted by Crippen LogP contribution is 2.14. The van der Waals surface area contributed by atoms with Gasteiger partial charge in [-0.15, -0.1) is 0 Å². The summed E-state index contributed by atoms with van der Waals surface area (Å²) < 4.78 is 0. The van der Waals surface area contributed by atoms with Gasteiger partial charge in [-0.3, -0.25) is 14.4 Å². The van der Waals surface area contributed by atoms with E-state index in [2.05, 4.69) is 10.6 Å². The van der Waals surface area contributed by atoms with Gasteiger partial charge in [-0.25, -0.2) is 0 Å². The Kier molecular flexibility index (Phi) is 5.05. The lowest BCUT2D eigenvalue weighted by Crippen LogP contribution is -2.26. The van der Waals surface area contributed by atoms with Crippen molar-refractivity contribution in [3.05, 3.63) is 24.3 Å². The van der Waals surface area contributed by atoms with E-state index in [9.17, 15) is 14.4 Å². The molecule has 0 saturated carbocycles. The third-order valence-electron chi connectivity index (χ3n) is 2.52. The van der Waals surface area contributed by atoms with Crippen LogP contribution in [-0.2, 0) is 14.4 Å². The molecule has 1 rings (SSSR count). The summed E-state index contributed by atoms with van der Waals surface area (Å²) in [4.78, 5) is 33.3. The third-order valence-corrected chi connectivity index (χ3v) is 2.52. The van der Waals surface area contributed by atoms with Gasteiger partial charge < -0.3 is 15.7 Å². The monoisotopic (exact) mass is 264 g/mol. The standard InChI is InChI=1S/C13H16N2O4/c1-3-11(16)14-9-4-6-10(7-5-9)15-12(17)8(2)13(18)19/h4-8H,3H2,1-2H3,(H,14,16)(H,15,17)(H,18,19)/t8-/m1/s1. The highest BCUT2D eigenvalue weighted by molar-refractivity contribution is 6.04. The van der Waals surface area contributed by atoms with Crippen LogP contribution in [0.25, 0.3) is 0 Å². The summed E-state index contributed by atoms with van der Waals surface area (Å²) in [5, 5.41) is 13.8. The normalized spacial score (nSPS) is 11.5. The smallest absolute Gasteiger partial charge is 0.315 e. The summed E-state index contributed by atoms with van der Waals surface area (Å²) in [5.74, 6) is -2.97. The molecule has 0 heterocycles. The molecule has 0 spiro atoms. The Bertz CT molecular complexity index is 482. The van der Waals surface area contributed by atoms with Gasteiger partial charge in [-0.05, 0) is 31.2 Å². The van der Waals surface area contributed by atoms with Crippen LogP contribution in [0.4, 0.5) is 11.4 Å². The maximum atomic E-state index is 11.5. The second-order valence-electron chi connectivity index (χ2n) is 4.03. The molecule has 0 bridgehead atoms. The summed E-state index contributed by atoms with van der Waals surface area (Å²) in [5.41, 5.74) is 1.10. The number of carbonyl (C=O) groups is 3. The number of carboxylic acid groups (broad SMARTS) is 1. The number of aliphatic carboxylic acids is 1. The first kappa shape index (κ1) is 14.7. The van der Waals surface area contributed by atoms with Crippen molar-refractivity contribution in [2.75, 3.05) is 10.6 Å². The second kappa shape index (κ2) is 6.53. The lowest BCUT2D eigenvalue weighted by atomic mass is 10.1. The van der Waals surface area contributed by atoms with Gasteiger partial charge in [-0.1, -0.05) is 6.92 Å². The molecule has 1 aromatic rings. The maximum Gasteiger partial charge on any atom is 0.315 e. The van der Waals surface area contributed by atoms with Crippen molar-refractivity contribution >= 4 is 29.2 Å². The van der Waals surface area contributed by atoms with Crippen LogP contribution < -0.4 is 10.6 Å². The zero-order valence-corrected chi connectivity index (χ0v) is 10.8. The minimum absolute atomic E-state index is 0.101. The van der Waals surface area contributed by atoms with Crippen LogP contribution in [0.2, 0.25) is 0 Å². The number of rotatable bonds is 5. The van der Waals surface area contributed by atoms with Crippen molar-refractivity contribution in [2.45, 2.75) is 20.3 Å². The Hall–Kier alpha value is -2.37. The van der Waals surface area contributed by atoms with Gasteiger partial charge in [0.05, 0.1) is 0 Å². The molecule has 0 aliphatic heterocycles. The number of nitrogens with one attached hydrogen (secondary N) is 2. The minimum atomic E-state index is -1.18. The molecule has 1 atom stereocenters. The van der Waals surface area contributed by atoms with Crippen molar-refractivity contribution in [3.63, 3.8) is 0 Å². The molecule has 0 unspecified atom stereocenters. The quantitative estimate of drug-likeness (QED) is 0.705. The predicted octanol–water partition coefficient (Wildman–Crippen LogP) is 1.69. The van der Waals surface area contributed by atoms with E-state index in [4.69, 9.17) is 5.11 Å². The van der Waals surface area contributed by atoms with E-state index in [1.807, 2.05) is 0 Å². The Labute approximate surface area is 110 Å². The van der Waals surface area contributed by atoms with E-state index in [0.29, 0.717) is 17.8 Å². The molecule has 0 aromatic heterocycles. The minimum Gasteiger partial charge on any atom is -0.481 e. The van der Waals surface area contributed by atoms with Crippen LogP contribution in [-0.4, -0.2) is 22.9 Å². The van der Waals surface area contributed by atoms with Crippen molar-refractivity contribution in [3.8, 4) is 0 Å². The zero-order valence-electron chi connectivity index (χ0n) is 10.8. The van der Waals surface area contributed by atoms with Crippen LogP contribution in [0, 0.1) is 5.92 Å². The van der Waals surface area contributed by atoms with E-state index in [0.717, 1.165) is 0 Å². The molecule has 0 radical (unpaired) electrons. The van der Waals surface area contributed by atoms with E-state index in [-0.39, 0.29) is 5.91 Å². The molecular formula is C13H16N2O4. The van der Waals surface area contributed by atoms with Crippen molar-refractivity contribution in [2.24, 2.45) is 5.92 Å². The number of benzene rings is 1. The molecular weight excluding hydrogens is 248 g/mol. The first-order valence-electron chi connectivity index (χ1n) is 5.87. The Morgan fingerprint density at radius 3 is 2.00 bits per heavy atom. The lowest BCUT2D eigenvalue weighted by molar-refractivity contribution is -0.144. The summed E-state index contributed by atoms with van der Waals surface area (Å²) in [6.45, 7) is 3.06. The summed E-state index contributed by atoms with van der Waals surface area (Å²) >= 11 is 0. The molecule has 6 heteroatoms. The van der Waals surface area contributed by atoms with Gasteiger partial charge in [0.15, 0.2) is 0 Å². The Morgan fingerprint density at radius 2 is 1.58 bits per heavy atom. The number of carboxylic acids is 1. The van der Waals surface area contributed by atoms with Gasteiger partial charge in [0.2, 0.25) is 11.8 Å². The van der Waals surface area contributed by atoms with Crippen LogP contribution in [0.1, 0.15) is 20.3 Å². The number of anilines is 2. The van der Waals surface area contributed by atoms with Gasteiger partial charge in [0, 0.05) is 17.8 Å². The van der Waals surface area contributed by atoms with Gasteiger partial charge >= 0.3 is 5.97 Å². The van der Waals surface area contributed by atoms with Crippen molar-refractivity contribution in [1.82, 2.24) is 0 Å². The number of carbonyl (C=O) groups excluding carboxylic acids is 2. The maximum absolute atomic E-state index is 11.5. The molecule has 6 nitrogen and oxygen atoms in total. The fourth-order valence-corrected chi connectivity index (χ4v) is 1.25. The highest BCUT2D eigenvalue weighted by atomic mass is 16.4. The lowest BCUT2D eigenvalue weighted by Gasteiger charge is -2.09. The van der Waals surface area contributed by atoms with Crippen LogP contribution in [0.5, 0.6) is 0 Å². The third kappa shape index (κ3) is 4.42. The first-order chi connectivity index (χ1) is 8.93. The topological polar surface area (TPSA) is 95.5 Å². The SMILES string of the molecule is CCC(=O)Nc1ccc(NC(=O)[C@@H](C)C(=O)O)cc1. The Morgan fingerprint density at radius 1 is 1.11 bits per heavy atom. The fourth-order valence-electron chi connectivity index (χ4n) is 1.25. The largest absolute Gasteiger partial charge is 0.481 e. The molecule has 0 aliphatic rings. The Balaban J connectivity index is 2.64. The van der Waals surface area contributed by atoms with E-state index >= 15 is 0 Å². The summed E-state index contributed by atoms with van der Waals surface area (Å²) in [6, 6.07) is 6.46. The van der Waals surface area contributed by atoms with Crippen LogP contribution >= 0.6 is 0 Å². The molecule has 0 aliphatic carbocycles. The molecule has 3 N–H and O–H groups in total. The average Bonchev–Trinajstić information content (AvgIpc) is 2.39.